The van der Waals surface area contributed by atoms with Gasteiger partial charge in [-0.2, -0.15) is 0 Å². The van der Waals surface area contributed by atoms with E-state index in [1.54, 1.807) is 23.5 Å². The summed E-state index contributed by atoms with van der Waals surface area (Å²) in [5, 5.41) is 12.7. The maximum absolute atomic E-state index is 10.6. The van der Waals surface area contributed by atoms with Crippen LogP contribution in [0.2, 0.25) is 0 Å². The van der Waals surface area contributed by atoms with Crippen LogP contribution in [0, 0.1) is 10.1 Å². The number of nitro groups is 1. The van der Waals surface area contributed by atoms with Gasteiger partial charge in [-0.05, 0) is 37.7 Å². The molecule has 0 amide bonds. The Kier molecular flexibility index (Phi) is 5.30. The standard InChI is InChI=1S/C15H18N2O3S/c1-16(2)14(15-4-3-11-21-15)9-10-20-13-7-5-12(6-8-13)17(18)19/h3-8,11,14H,9-10H2,1-2H3. The highest BCUT2D eigenvalue weighted by Gasteiger charge is 2.15. The summed E-state index contributed by atoms with van der Waals surface area (Å²) < 4.78 is 5.67. The molecule has 1 atom stereocenters. The Balaban J connectivity index is 1.89. The number of hydrogen-bond donors (Lipinski definition) is 0. The van der Waals surface area contributed by atoms with Crippen LogP contribution >= 0.6 is 11.3 Å². The van der Waals surface area contributed by atoms with Gasteiger partial charge >= 0.3 is 0 Å². The molecule has 0 spiro atoms. The van der Waals surface area contributed by atoms with E-state index < -0.39 is 4.92 Å². The minimum Gasteiger partial charge on any atom is -0.494 e. The van der Waals surface area contributed by atoms with Gasteiger partial charge in [0.2, 0.25) is 0 Å². The maximum Gasteiger partial charge on any atom is 0.269 e. The summed E-state index contributed by atoms with van der Waals surface area (Å²) >= 11 is 1.74. The van der Waals surface area contributed by atoms with E-state index in [0.29, 0.717) is 18.4 Å². The molecule has 5 nitrogen and oxygen atoms in total. The van der Waals surface area contributed by atoms with Gasteiger partial charge in [-0.15, -0.1) is 11.3 Å². The molecule has 0 radical (unpaired) electrons. The second-order valence-corrected chi connectivity index (χ2v) is 5.86. The predicted octanol–water partition coefficient (Wildman–Crippen LogP) is 3.73. The fourth-order valence-corrected chi connectivity index (χ4v) is 3.05. The molecule has 2 rings (SSSR count). The topological polar surface area (TPSA) is 55.6 Å². The lowest BCUT2D eigenvalue weighted by atomic mass is 10.1. The Labute approximate surface area is 127 Å². The zero-order valence-electron chi connectivity index (χ0n) is 12.1. The molecule has 0 saturated heterocycles. The molecule has 1 aromatic carbocycles. The third kappa shape index (κ3) is 4.27. The largest absolute Gasteiger partial charge is 0.494 e. The Bertz CT molecular complexity index is 567. The van der Waals surface area contributed by atoms with E-state index in [2.05, 4.69) is 30.4 Å². The summed E-state index contributed by atoms with van der Waals surface area (Å²) in [6, 6.07) is 10.7. The smallest absolute Gasteiger partial charge is 0.269 e. The van der Waals surface area contributed by atoms with E-state index >= 15 is 0 Å². The van der Waals surface area contributed by atoms with Gasteiger partial charge in [0, 0.05) is 29.5 Å². The molecule has 0 aliphatic heterocycles. The molecule has 6 heteroatoms. The van der Waals surface area contributed by atoms with Crippen molar-refractivity contribution in [3.05, 3.63) is 56.8 Å². The minimum atomic E-state index is -0.414. The molecule has 0 aliphatic carbocycles. The normalized spacial score (nSPS) is 12.3. The first-order valence-electron chi connectivity index (χ1n) is 6.65. The lowest BCUT2D eigenvalue weighted by Crippen LogP contribution is -2.21. The molecular weight excluding hydrogens is 288 g/mol. The van der Waals surface area contributed by atoms with Gasteiger partial charge < -0.3 is 9.64 Å². The molecule has 112 valence electrons. The van der Waals surface area contributed by atoms with Crippen LogP contribution in [0.5, 0.6) is 5.75 Å². The number of thiophene rings is 1. The predicted molar refractivity (Wildman–Crippen MR) is 84.0 cm³/mol. The molecule has 0 bridgehead atoms. The second kappa shape index (κ2) is 7.19. The first-order valence-corrected chi connectivity index (χ1v) is 7.53. The van der Waals surface area contributed by atoms with Crippen molar-refractivity contribution in [3.8, 4) is 5.75 Å². The van der Waals surface area contributed by atoms with Crippen LogP contribution in [-0.2, 0) is 0 Å². The lowest BCUT2D eigenvalue weighted by molar-refractivity contribution is -0.384. The van der Waals surface area contributed by atoms with E-state index in [1.807, 2.05) is 6.07 Å². The van der Waals surface area contributed by atoms with Gasteiger partial charge in [-0.25, -0.2) is 0 Å². The van der Waals surface area contributed by atoms with Crippen molar-refractivity contribution in [1.29, 1.82) is 0 Å². The monoisotopic (exact) mass is 306 g/mol. The van der Waals surface area contributed by atoms with Crippen molar-refractivity contribution >= 4 is 17.0 Å². The van der Waals surface area contributed by atoms with Crippen LogP contribution in [0.15, 0.2) is 41.8 Å². The highest BCUT2D eigenvalue weighted by atomic mass is 32.1. The molecule has 21 heavy (non-hydrogen) atoms. The quantitative estimate of drug-likeness (QED) is 0.578. The summed E-state index contributed by atoms with van der Waals surface area (Å²) in [5.41, 5.74) is 0.0760. The van der Waals surface area contributed by atoms with Crippen molar-refractivity contribution in [3.63, 3.8) is 0 Å². The number of nitrogens with zero attached hydrogens (tertiary/aromatic N) is 2. The summed E-state index contributed by atoms with van der Waals surface area (Å²) in [7, 11) is 4.10. The molecule has 0 N–H and O–H groups in total. The third-order valence-corrected chi connectivity index (χ3v) is 4.18. The molecule has 0 saturated carbocycles. The van der Waals surface area contributed by atoms with Gasteiger partial charge in [0.05, 0.1) is 11.5 Å². The first kappa shape index (κ1) is 15.5. The van der Waals surface area contributed by atoms with Gasteiger partial charge in [-0.1, -0.05) is 6.07 Å². The Morgan fingerprint density at radius 3 is 2.52 bits per heavy atom. The molecule has 1 unspecified atom stereocenters. The van der Waals surface area contributed by atoms with Crippen molar-refractivity contribution < 1.29 is 9.66 Å². The van der Waals surface area contributed by atoms with Gasteiger partial charge in [0.15, 0.2) is 0 Å². The van der Waals surface area contributed by atoms with Gasteiger partial charge in [-0.3, -0.25) is 10.1 Å². The summed E-state index contributed by atoms with van der Waals surface area (Å²) in [6.07, 6.45) is 0.866. The Hall–Kier alpha value is -1.92. The van der Waals surface area contributed by atoms with Gasteiger partial charge in [0.25, 0.3) is 5.69 Å². The fourth-order valence-electron chi connectivity index (χ4n) is 2.09. The van der Waals surface area contributed by atoms with Crippen LogP contribution in [0.1, 0.15) is 17.3 Å². The number of benzene rings is 1. The molecule has 1 aromatic heterocycles. The van der Waals surface area contributed by atoms with Crippen LogP contribution in [0.4, 0.5) is 5.69 Å². The van der Waals surface area contributed by atoms with Crippen molar-refractivity contribution in [2.75, 3.05) is 20.7 Å². The SMILES string of the molecule is CN(C)C(CCOc1ccc([N+](=O)[O-])cc1)c1cccs1. The zero-order chi connectivity index (χ0) is 15.2. The van der Waals surface area contributed by atoms with Crippen molar-refractivity contribution in [2.24, 2.45) is 0 Å². The van der Waals surface area contributed by atoms with E-state index in [9.17, 15) is 10.1 Å². The zero-order valence-corrected chi connectivity index (χ0v) is 12.9. The second-order valence-electron chi connectivity index (χ2n) is 4.88. The average molecular weight is 306 g/mol. The minimum absolute atomic E-state index is 0.0760. The molecule has 1 heterocycles. The van der Waals surface area contributed by atoms with Crippen LogP contribution in [-0.4, -0.2) is 30.5 Å². The maximum atomic E-state index is 10.6. The fraction of sp³-hybridized carbons (Fsp3) is 0.333. The third-order valence-electron chi connectivity index (χ3n) is 3.20. The molecule has 2 aromatic rings. The van der Waals surface area contributed by atoms with E-state index in [0.717, 1.165) is 6.42 Å². The van der Waals surface area contributed by atoms with Crippen molar-refractivity contribution in [2.45, 2.75) is 12.5 Å². The first-order chi connectivity index (χ1) is 10.1. The highest BCUT2D eigenvalue weighted by Crippen LogP contribution is 2.26. The molecular formula is C15H18N2O3S. The highest BCUT2D eigenvalue weighted by molar-refractivity contribution is 7.10. The van der Waals surface area contributed by atoms with Crippen molar-refractivity contribution in [1.82, 2.24) is 4.90 Å². The number of ether oxygens (including phenoxy) is 1. The van der Waals surface area contributed by atoms with E-state index in [-0.39, 0.29) is 5.69 Å². The number of hydrogen-bond acceptors (Lipinski definition) is 5. The Morgan fingerprint density at radius 1 is 1.29 bits per heavy atom. The summed E-state index contributed by atoms with van der Waals surface area (Å²) in [5.74, 6) is 0.657. The van der Waals surface area contributed by atoms with E-state index in [4.69, 9.17) is 4.74 Å². The lowest BCUT2D eigenvalue weighted by Gasteiger charge is -2.23. The summed E-state index contributed by atoms with van der Waals surface area (Å²) in [6.45, 7) is 0.568. The number of nitro benzene ring substituents is 1. The Morgan fingerprint density at radius 2 is 2.00 bits per heavy atom. The van der Waals surface area contributed by atoms with Crippen LogP contribution < -0.4 is 4.74 Å². The van der Waals surface area contributed by atoms with E-state index in [1.165, 1.54) is 17.0 Å². The molecule has 0 aliphatic rings. The number of rotatable bonds is 7. The number of non-ortho nitro benzene ring substituents is 1. The van der Waals surface area contributed by atoms with Crippen LogP contribution in [0.25, 0.3) is 0 Å². The van der Waals surface area contributed by atoms with Crippen LogP contribution in [0.3, 0.4) is 0 Å². The summed E-state index contributed by atoms with van der Waals surface area (Å²) in [4.78, 5) is 13.7. The molecule has 0 fully saturated rings. The van der Waals surface area contributed by atoms with Gasteiger partial charge in [0.1, 0.15) is 5.75 Å². The average Bonchev–Trinajstić information content (AvgIpc) is 2.97.